The Morgan fingerprint density at radius 2 is 1.81 bits per heavy atom. The molecule has 0 atom stereocenters. The summed E-state index contributed by atoms with van der Waals surface area (Å²) in [7, 11) is -4.82. The zero-order valence-electron chi connectivity index (χ0n) is 15.8. The number of benzene rings is 2. The summed E-state index contributed by atoms with van der Waals surface area (Å²) in [6, 6.07) is 7.00. The molecule has 4 rings (SSSR count). The zero-order chi connectivity index (χ0) is 22.6. The summed E-state index contributed by atoms with van der Waals surface area (Å²) in [6.45, 7) is 0.946. The second kappa shape index (κ2) is 7.35. The van der Waals surface area contributed by atoms with Crippen molar-refractivity contribution in [3.05, 3.63) is 47.0 Å². The Morgan fingerprint density at radius 3 is 2.39 bits per heavy atom. The number of sulfonamides is 1. The van der Waals surface area contributed by atoms with Crippen LogP contribution < -0.4 is 16.6 Å². The zero-order valence-corrected chi connectivity index (χ0v) is 16.6. The van der Waals surface area contributed by atoms with Gasteiger partial charge in [-0.15, -0.1) is 10.2 Å². The number of nitrogens with one attached hydrogen (secondary N) is 1. The molecule has 0 unspecified atom stereocenters. The molecule has 1 aliphatic heterocycles. The number of hydrogen-bond acceptors (Lipinski definition) is 8. The number of rotatable bonds is 4. The predicted molar refractivity (Wildman–Crippen MR) is 103 cm³/mol. The fourth-order valence-electron chi connectivity index (χ4n) is 3.63. The van der Waals surface area contributed by atoms with E-state index in [0.29, 0.717) is 24.7 Å². The van der Waals surface area contributed by atoms with E-state index in [2.05, 4.69) is 20.6 Å². The van der Waals surface area contributed by atoms with Crippen molar-refractivity contribution in [2.24, 2.45) is 16.6 Å². The third-order valence-corrected chi connectivity index (χ3v) is 6.00. The van der Waals surface area contributed by atoms with Crippen LogP contribution in [-0.2, 0) is 29.3 Å². The Bertz CT molecular complexity index is 1240. The van der Waals surface area contributed by atoms with Gasteiger partial charge >= 0.3 is 6.18 Å². The third-order valence-electron chi connectivity index (χ3n) is 5.00. The molecule has 3 aromatic rings. The number of hydrogen-bond donors (Lipinski definition) is 4. The van der Waals surface area contributed by atoms with Crippen LogP contribution in [0, 0.1) is 0 Å². The second-order valence-electron chi connectivity index (χ2n) is 7.02. The smallest absolute Gasteiger partial charge is 0.304 e. The molecule has 14 heteroatoms. The number of tetrazole rings is 1. The lowest BCUT2D eigenvalue weighted by molar-refractivity contribution is -0.139. The van der Waals surface area contributed by atoms with E-state index in [1.807, 2.05) is 0 Å². The molecule has 10 nitrogen and oxygen atoms in total. The van der Waals surface area contributed by atoms with E-state index >= 15 is 0 Å². The third kappa shape index (κ3) is 3.90. The average Bonchev–Trinajstić information content (AvgIpc) is 3.34. The molecule has 0 saturated carbocycles. The fourth-order valence-corrected chi connectivity index (χ4v) is 4.61. The van der Waals surface area contributed by atoms with Gasteiger partial charge in [0.25, 0.3) is 0 Å². The maximum absolute atomic E-state index is 13.6. The van der Waals surface area contributed by atoms with E-state index in [1.54, 1.807) is 23.1 Å². The number of halogens is 3. The van der Waals surface area contributed by atoms with E-state index in [0.717, 1.165) is 17.2 Å². The van der Waals surface area contributed by atoms with E-state index in [-0.39, 0.29) is 11.4 Å². The minimum Gasteiger partial charge on any atom is -0.304 e. The van der Waals surface area contributed by atoms with Crippen molar-refractivity contribution in [2.75, 3.05) is 0 Å². The molecular formula is C17H17F3N8O2S. The van der Waals surface area contributed by atoms with E-state index in [1.165, 1.54) is 0 Å². The Hall–Kier alpha value is -2.91. The molecule has 0 fully saturated rings. The van der Waals surface area contributed by atoms with Crippen LogP contribution in [0.25, 0.3) is 22.5 Å². The highest BCUT2D eigenvalue weighted by Gasteiger charge is 2.40. The molecule has 164 valence electrons. The van der Waals surface area contributed by atoms with Gasteiger partial charge in [-0.2, -0.15) is 18.4 Å². The topological polar surface area (TPSA) is 170 Å². The van der Waals surface area contributed by atoms with Crippen LogP contribution in [0.2, 0.25) is 0 Å². The summed E-state index contributed by atoms with van der Waals surface area (Å²) in [6.07, 6.45) is -5.65. The van der Waals surface area contributed by atoms with Gasteiger partial charge in [-0.05, 0) is 39.6 Å². The van der Waals surface area contributed by atoms with Crippen LogP contribution in [-0.4, -0.2) is 40.2 Å². The number of aromatic amines is 1. The molecule has 0 amide bonds. The van der Waals surface area contributed by atoms with Crippen molar-refractivity contribution in [2.45, 2.75) is 30.5 Å². The molecule has 2 aromatic carbocycles. The molecule has 0 aliphatic carbocycles. The molecule has 0 radical (unpaired) electrons. The van der Waals surface area contributed by atoms with Crippen molar-refractivity contribution in [1.29, 1.82) is 0 Å². The summed E-state index contributed by atoms with van der Waals surface area (Å²) >= 11 is 0. The van der Waals surface area contributed by atoms with Crippen molar-refractivity contribution < 1.29 is 21.6 Å². The molecule has 0 spiro atoms. The predicted octanol–water partition coefficient (Wildman–Crippen LogP) is 0.717. The van der Waals surface area contributed by atoms with Gasteiger partial charge < -0.3 is 11.5 Å². The first-order valence-corrected chi connectivity index (χ1v) is 10.4. The van der Waals surface area contributed by atoms with Crippen molar-refractivity contribution in [3.8, 4) is 22.5 Å². The number of H-pyrrole nitrogens is 1. The Kier molecular flexibility index (Phi) is 5.06. The number of nitrogens with zero attached hydrogens (tertiary/aromatic N) is 4. The number of fused-ring (bicyclic) bond motifs is 1. The summed E-state index contributed by atoms with van der Waals surface area (Å²) in [5, 5.41) is 18.1. The molecule has 0 saturated heterocycles. The average molecular weight is 454 g/mol. The van der Waals surface area contributed by atoms with E-state index < -0.39 is 38.5 Å². The van der Waals surface area contributed by atoms with Gasteiger partial charge in [-0.3, -0.25) is 4.90 Å². The molecule has 7 N–H and O–H groups in total. The number of nitrogens with two attached hydrogens (primary N) is 3. The maximum atomic E-state index is 13.6. The number of aromatic nitrogens is 4. The Balaban J connectivity index is 1.98. The number of primary sulfonamides is 1. The highest BCUT2D eigenvalue weighted by Crippen LogP contribution is 2.43. The molecule has 1 aliphatic rings. The van der Waals surface area contributed by atoms with Crippen molar-refractivity contribution in [1.82, 2.24) is 25.5 Å². The van der Waals surface area contributed by atoms with Crippen LogP contribution in [0.1, 0.15) is 16.7 Å². The standard InChI is InChI=1S/C17H17F3N8O2S/c18-17(19,20)12-4-3-11(13(14(12)31(23,29)30)15-24-26-27-25-15)8-1-2-9-6-28(16(21)22)7-10(9)5-8/h1-5,16H,6-7,21-22H2,(H2,23,29,30)(H,24,25,26,27). The monoisotopic (exact) mass is 454 g/mol. The molecule has 1 aromatic heterocycles. The molecule has 2 heterocycles. The van der Waals surface area contributed by atoms with E-state index in [9.17, 15) is 21.6 Å². The lowest BCUT2D eigenvalue weighted by Crippen LogP contribution is -2.45. The molecule has 0 bridgehead atoms. The second-order valence-corrected chi connectivity index (χ2v) is 8.52. The normalized spacial score (nSPS) is 14.9. The summed E-state index contributed by atoms with van der Waals surface area (Å²) in [5.41, 5.74) is 12.1. The lowest BCUT2D eigenvalue weighted by atomic mass is 9.94. The van der Waals surface area contributed by atoms with Crippen LogP contribution in [0.3, 0.4) is 0 Å². The van der Waals surface area contributed by atoms with E-state index in [4.69, 9.17) is 16.6 Å². The molecular weight excluding hydrogens is 437 g/mol. The van der Waals surface area contributed by atoms with Crippen LogP contribution >= 0.6 is 0 Å². The maximum Gasteiger partial charge on any atom is 0.417 e. The van der Waals surface area contributed by atoms with Gasteiger partial charge in [-0.25, -0.2) is 13.6 Å². The van der Waals surface area contributed by atoms with Crippen molar-refractivity contribution in [3.63, 3.8) is 0 Å². The SMILES string of the molecule is NC(N)N1Cc2ccc(-c3ccc(C(F)(F)F)c(S(N)(=O)=O)c3-c3nn[nH]n3)cc2C1. The van der Waals surface area contributed by atoms with Gasteiger partial charge in [0.15, 0.2) is 0 Å². The highest BCUT2D eigenvalue weighted by atomic mass is 32.2. The van der Waals surface area contributed by atoms with Gasteiger partial charge in [0.1, 0.15) is 11.2 Å². The minimum absolute atomic E-state index is 0.150. The summed E-state index contributed by atoms with van der Waals surface area (Å²) in [4.78, 5) is 0.682. The van der Waals surface area contributed by atoms with Crippen LogP contribution in [0.5, 0.6) is 0 Å². The van der Waals surface area contributed by atoms with Crippen LogP contribution in [0.4, 0.5) is 13.2 Å². The molecule has 31 heavy (non-hydrogen) atoms. The largest absolute Gasteiger partial charge is 0.417 e. The van der Waals surface area contributed by atoms with Crippen molar-refractivity contribution >= 4 is 10.0 Å². The Labute approximate surface area is 174 Å². The minimum atomic E-state index is -4.98. The quantitative estimate of drug-likeness (QED) is 0.418. The van der Waals surface area contributed by atoms with Gasteiger partial charge in [0, 0.05) is 13.1 Å². The summed E-state index contributed by atoms with van der Waals surface area (Å²) in [5.74, 6) is -0.337. The van der Waals surface area contributed by atoms with Gasteiger partial charge in [0.05, 0.1) is 11.1 Å². The van der Waals surface area contributed by atoms with Gasteiger partial charge in [0.2, 0.25) is 15.8 Å². The lowest BCUT2D eigenvalue weighted by Gasteiger charge is -2.18. The summed E-state index contributed by atoms with van der Waals surface area (Å²) < 4.78 is 65.4. The van der Waals surface area contributed by atoms with Gasteiger partial charge in [-0.1, -0.05) is 18.2 Å². The first-order valence-electron chi connectivity index (χ1n) is 8.85. The first-order chi connectivity index (χ1) is 14.5. The first kappa shape index (κ1) is 21.3. The highest BCUT2D eigenvalue weighted by molar-refractivity contribution is 7.89. The van der Waals surface area contributed by atoms with Crippen LogP contribution in [0.15, 0.2) is 35.2 Å². The number of alkyl halides is 3. The Morgan fingerprint density at radius 1 is 1.10 bits per heavy atom. The fraction of sp³-hybridized carbons (Fsp3) is 0.235.